The van der Waals surface area contributed by atoms with E-state index < -0.39 is 29.7 Å². The van der Waals surface area contributed by atoms with Crippen molar-refractivity contribution in [2.75, 3.05) is 10.2 Å². The van der Waals surface area contributed by atoms with Gasteiger partial charge in [-0.15, -0.1) is 0 Å². The number of hydrogen-bond donors (Lipinski definition) is 3. The maximum Gasteiger partial charge on any atom is 0.335 e. The van der Waals surface area contributed by atoms with Crippen LogP contribution in [0.4, 0.5) is 11.5 Å². The van der Waals surface area contributed by atoms with Crippen molar-refractivity contribution < 1.29 is 34.2 Å². The number of aromatic carboxylic acids is 2. The second-order valence-corrected chi connectivity index (χ2v) is 7.26. The zero-order valence-corrected chi connectivity index (χ0v) is 17.0. The molecule has 10 heteroatoms. The largest absolute Gasteiger partial charge is 0.478 e. The van der Waals surface area contributed by atoms with Crippen molar-refractivity contribution in [3.8, 4) is 0 Å². The van der Waals surface area contributed by atoms with E-state index in [0.29, 0.717) is 0 Å². The number of amides is 3. The lowest BCUT2D eigenvalue weighted by molar-refractivity contribution is 0.0695. The molecule has 164 valence electrons. The maximum atomic E-state index is 12.9. The van der Waals surface area contributed by atoms with Crippen LogP contribution in [-0.2, 0) is 0 Å². The number of benzene rings is 2. The summed E-state index contributed by atoms with van der Waals surface area (Å²) in [4.78, 5) is 65.9. The molecule has 3 N–H and O–H groups in total. The molecule has 0 radical (unpaired) electrons. The fraction of sp³-hybridized carbons (Fsp3) is 0.0435. The number of carboxylic acids is 2. The molecule has 0 saturated carbocycles. The number of imide groups is 1. The van der Waals surface area contributed by atoms with Gasteiger partial charge in [-0.1, -0.05) is 0 Å². The zero-order valence-electron chi connectivity index (χ0n) is 17.0. The van der Waals surface area contributed by atoms with Gasteiger partial charge in [-0.25, -0.2) is 19.5 Å². The van der Waals surface area contributed by atoms with E-state index in [2.05, 4.69) is 10.3 Å². The normalized spacial score (nSPS) is 12.5. The van der Waals surface area contributed by atoms with Gasteiger partial charge in [0.05, 0.1) is 22.3 Å². The number of nitrogens with one attached hydrogen (secondary N) is 1. The van der Waals surface area contributed by atoms with Crippen LogP contribution < -0.4 is 10.2 Å². The number of carbonyl (C=O) groups excluding carboxylic acids is 3. The second-order valence-electron chi connectivity index (χ2n) is 7.26. The van der Waals surface area contributed by atoms with Crippen LogP contribution >= 0.6 is 0 Å². The van der Waals surface area contributed by atoms with E-state index >= 15 is 0 Å². The van der Waals surface area contributed by atoms with Crippen LogP contribution in [0.15, 0.2) is 54.7 Å². The third-order valence-electron chi connectivity index (χ3n) is 4.96. The fourth-order valence-electron chi connectivity index (χ4n) is 3.38. The molecule has 1 aromatic heterocycles. The van der Waals surface area contributed by atoms with Crippen LogP contribution in [0, 0.1) is 6.92 Å². The Morgan fingerprint density at radius 2 is 1.45 bits per heavy atom. The molecule has 0 unspecified atom stereocenters. The van der Waals surface area contributed by atoms with Crippen LogP contribution in [0.1, 0.15) is 57.4 Å². The van der Waals surface area contributed by atoms with Gasteiger partial charge in [0.15, 0.2) is 0 Å². The first-order valence-electron chi connectivity index (χ1n) is 9.54. The van der Waals surface area contributed by atoms with Gasteiger partial charge in [0.25, 0.3) is 17.7 Å². The number of carboxylic acid groups (broad SMARTS) is 2. The van der Waals surface area contributed by atoms with Gasteiger partial charge in [-0.2, -0.15) is 0 Å². The minimum absolute atomic E-state index is 0.0152. The Kier molecular flexibility index (Phi) is 5.18. The third-order valence-corrected chi connectivity index (χ3v) is 4.96. The van der Waals surface area contributed by atoms with Gasteiger partial charge in [-0.05, 0) is 61.0 Å². The molecule has 0 aliphatic carbocycles. The summed E-state index contributed by atoms with van der Waals surface area (Å²) in [7, 11) is 0. The van der Waals surface area contributed by atoms with Gasteiger partial charge >= 0.3 is 11.9 Å². The first-order valence-corrected chi connectivity index (χ1v) is 9.54. The van der Waals surface area contributed by atoms with Crippen molar-refractivity contribution in [1.29, 1.82) is 0 Å². The molecule has 10 nitrogen and oxygen atoms in total. The topological polar surface area (TPSA) is 154 Å². The van der Waals surface area contributed by atoms with E-state index in [-0.39, 0.29) is 39.3 Å². The summed E-state index contributed by atoms with van der Waals surface area (Å²) in [5.74, 6) is -4.48. The second kappa shape index (κ2) is 8.00. The average molecular weight is 445 g/mol. The van der Waals surface area contributed by atoms with Crippen molar-refractivity contribution in [3.05, 3.63) is 88.1 Å². The molecule has 3 aromatic rings. The smallest absolute Gasteiger partial charge is 0.335 e. The molecule has 0 saturated heterocycles. The van der Waals surface area contributed by atoms with Crippen molar-refractivity contribution in [1.82, 2.24) is 4.98 Å². The minimum Gasteiger partial charge on any atom is -0.478 e. The van der Waals surface area contributed by atoms with E-state index in [1.807, 2.05) is 0 Å². The first-order chi connectivity index (χ1) is 15.7. The fourth-order valence-corrected chi connectivity index (χ4v) is 3.38. The number of aromatic nitrogens is 1. The molecular weight excluding hydrogens is 430 g/mol. The Labute approximate surface area is 186 Å². The van der Waals surface area contributed by atoms with E-state index in [0.717, 1.165) is 28.7 Å². The lowest BCUT2D eigenvalue weighted by Crippen LogP contribution is -2.30. The van der Waals surface area contributed by atoms with Crippen molar-refractivity contribution in [3.63, 3.8) is 0 Å². The number of rotatable bonds is 5. The average Bonchev–Trinajstić information content (AvgIpc) is 3.03. The predicted octanol–water partition coefficient (Wildman–Crippen LogP) is 2.84. The summed E-state index contributed by atoms with van der Waals surface area (Å²) in [6.45, 7) is 1.79. The highest BCUT2D eigenvalue weighted by molar-refractivity contribution is 6.34. The molecule has 4 rings (SSSR count). The maximum absolute atomic E-state index is 12.9. The van der Waals surface area contributed by atoms with Crippen molar-refractivity contribution in [2.24, 2.45) is 0 Å². The summed E-state index contributed by atoms with van der Waals surface area (Å²) < 4.78 is 0. The number of carbonyl (C=O) groups is 5. The summed E-state index contributed by atoms with van der Waals surface area (Å²) in [6.07, 6.45) is 1.48. The Balaban J connectivity index is 1.64. The Morgan fingerprint density at radius 1 is 0.818 bits per heavy atom. The molecular formula is C23H15N3O7. The van der Waals surface area contributed by atoms with Crippen LogP contribution in [0.5, 0.6) is 0 Å². The first kappa shape index (κ1) is 21.4. The van der Waals surface area contributed by atoms with Gasteiger partial charge < -0.3 is 15.5 Å². The summed E-state index contributed by atoms with van der Waals surface area (Å²) in [6, 6.07) is 10.4. The van der Waals surface area contributed by atoms with Gasteiger partial charge in [0.2, 0.25) is 0 Å². The van der Waals surface area contributed by atoms with Crippen molar-refractivity contribution in [2.45, 2.75) is 6.92 Å². The highest BCUT2D eigenvalue weighted by Crippen LogP contribution is 2.28. The molecule has 0 fully saturated rings. The number of fused-ring (bicyclic) bond motifs is 1. The minimum atomic E-state index is -1.36. The molecule has 3 amide bonds. The summed E-state index contributed by atoms with van der Waals surface area (Å²) >= 11 is 0. The third kappa shape index (κ3) is 3.92. The lowest BCUT2D eigenvalue weighted by Gasteiger charge is -2.12. The number of nitrogens with zero attached hydrogens (tertiary/aromatic N) is 2. The molecule has 0 spiro atoms. The van der Waals surface area contributed by atoms with E-state index in [4.69, 9.17) is 0 Å². The quantitative estimate of drug-likeness (QED) is 0.507. The molecule has 0 bridgehead atoms. The number of pyridine rings is 1. The Morgan fingerprint density at radius 3 is 2.06 bits per heavy atom. The van der Waals surface area contributed by atoms with E-state index in [1.165, 1.54) is 24.4 Å². The molecule has 2 aromatic carbocycles. The summed E-state index contributed by atoms with van der Waals surface area (Å²) in [5.41, 5.74) is 0.267. The van der Waals surface area contributed by atoms with E-state index in [9.17, 15) is 34.2 Å². The van der Waals surface area contributed by atoms with Gasteiger partial charge in [0.1, 0.15) is 5.82 Å². The summed E-state index contributed by atoms with van der Waals surface area (Å²) in [5, 5.41) is 20.8. The Hall–Kier alpha value is -4.86. The highest BCUT2D eigenvalue weighted by atomic mass is 16.4. The van der Waals surface area contributed by atoms with Crippen molar-refractivity contribution >= 4 is 41.2 Å². The molecule has 2 heterocycles. The monoisotopic (exact) mass is 445 g/mol. The zero-order chi connectivity index (χ0) is 23.9. The van der Waals surface area contributed by atoms with Gasteiger partial charge in [0, 0.05) is 17.4 Å². The van der Waals surface area contributed by atoms with Crippen LogP contribution in [0.3, 0.4) is 0 Å². The van der Waals surface area contributed by atoms with E-state index in [1.54, 1.807) is 19.1 Å². The number of hydrogen-bond acceptors (Lipinski definition) is 6. The number of aryl methyl sites for hydroxylation is 1. The molecule has 1 aliphatic rings. The SMILES string of the molecule is Cc1ccnc(N2C(=O)c3ccc(C(=O)Nc4cc(C(=O)O)cc(C(=O)O)c4)cc3C2=O)c1. The predicted molar refractivity (Wildman–Crippen MR) is 115 cm³/mol. The number of anilines is 2. The standard InChI is InChI=1S/C23H15N3O7/c1-11-4-5-24-18(6-11)26-20(28)16-3-2-12(10-17(16)21(26)29)19(27)25-15-8-13(22(30)31)7-14(9-15)23(32)33/h2-10H,1H3,(H,25,27)(H,30,31)(H,32,33). The van der Waals surface area contributed by atoms with Gasteiger partial charge in [-0.3, -0.25) is 14.4 Å². The highest BCUT2D eigenvalue weighted by Gasteiger charge is 2.38. The van der Waals surface area contributed by atoms with Crippen LogP contribution in [0.25, 0.3) is 0 Å². The Bertz CT molecular complexity index is 1350. The molecule has 0 atom stereocenters. The molecule has 1 aliphatic heterocycles. The van der Waals surface area contributed by atoms with Crippen LogP contribution in [-0.4, -0.2) is 44.9 Å². The van der Waals surface area contributed by atoms with Crippen LogP contribution in [0.2, 0.25) is 0 Å². The lowest BCUT2D eigenvalue weighted by atomic mass is 10.0. The molecule has 33 heavy (non-hydrogen) atoms.